The molecule has 0 saturated carbocycles. The van der Waals surface area contributed by atoms with E-state index in [2.05, 4.69) is 20.6 Å². The lowest BCUT2D eigenvalue weighted by molar-refractivity contribution is -0.384. The summed E-state index contributed by atoms with van der Waals surface area (Å²) in [5.74, 6) is 1.66. The molecule has 0 bridgehead atoms. The van der Waals surface area contributed by atoms with Crippen molar-refractivity contribution in [2.75, 3.05) is 29.2 Å². The van der Waals surface area contributed by atoms with Crippen LogP contribution in [0.4, 0.5) is 17.5 Å². The van der Waals surface area contributed by atoms with Gasteiger partial charge in [-0.2, -0.15) is 16.7 Å². The SMILES string of the molecule is CCNc1ncc([N+](=O)[O-])c(NC(C)CCSC)n1. The van der Waals surface area contributed by atoms with Crippen molar-refractivity contribution >= 4 is 29.2 Å². The zero-order chi connectivity index (χ0) is 14.3. The molecule has 0 aromatic carbocycles. The topological polar surface area (TPSA) is 93.0 Å². The summed E-state index contributed by atoms with van der Waals surface area (Å²) in [6, 6.07) is 0.121. The van der Waals surface area contributed by atoms with E-state index >= 15 is 0 Å². The summed E-state index contributed by atoms with van der Waals surface area (Å²) in [6.07, 6.45) is 4.18. The van der Waals surface area contributed by atoms with E-state index in [1.165, 1.54) is 6.20 Å². The van der Waals surface area contributed by atoms with E-state index in [9.17, 15) is 10.1 Å². The maximum absolute atomic E-state index is 10.9. The lowest BCUT2D eigenvalue weighted by Gasteiger charge is -2.14. The van der Waals surface area contributed by atoms with Crippen molar-refractivity contribution in [2.45, 2.75) is 26.3 Å². The van der Waals surface area contributed by atoms with Gasteiger partial charge in [0, 0.05) is 12.6 Å². The fourth-order valence-corrected chi connectivity index (χ4v) is 2.05. The average molecular weight is 285 g/mol. The number of rotatable bonds is 8. The van der Waals surface area contributed by atoms with Crippen LogP contribution in [0.15, 0.2) is 6.20 Å². The van der Waals surface area contributed by atoms with Crippen LogP contribution in [0, 0.1) is 10.1 Å². The first kappa shape index (κ1) is 15.5. The van der Waals surface area contributed by atoms with Crippen LogP contribution in [-0.2, 0) is 0 Å². The second-order valence-electron chi connectivity index (χ2n) is 4.04. The van der Waals surface area contributed by atoms with E-state index in [0.29, 0.717) is 12.5 Å². The van der Waals surface area contributed by atoms with Gasteiger partial charge in [0.25, 0.3) is 0 Å². The minimum absolute atomic E-state index is 0.0994. The Morgan fingerprint density at radius 1 is 1.58 bits per heavy atom. The van der Waals surface area contributed by atoms with Crippen molar-refractivity contribution in [3.05, 3.63) is 16.3 Å². The van der Waals surface area contributed by atoms with Gasteiger partial charge >= 0.3 is 5.69 Å². The van der Waals surface area contributed by atoms with E-state index in [1.807, 2.05) is 20.1 Å². The predicted molar refractivity (Wildman–Crippen MR) is 78.9 cm³/mol. The molecule has 0 amide bonds. The third-order valence-electron chi connectivity index (χ3n) is 2.44. The number of nitrogens with one attached hydrogen (secondary N) is 2. The average Bonchev–Trinajstić information content (AvgIpc) is 2.36. The number of anilines is 2. The van der Waals surface area contributed by atoms with Crippen LogP contribution in [0.3, 0.4) is 0 Å². The van der Waals surface area contributed by atoms with Crippen molar-refractivity contribution in [3.63, 3.8) is 0 Å². The molecule has 2 N–H and O–H groups in total. The highest BCUT2D eigenvalue weighted by Crippen LogP contribution is 2.23. The Morgan fingerprint density at radius 3 is 2.89 bits per heavy atom. The zero-order valence-electron chi connectivity index (χ0n) is 11.3. The van der Waals surface area contributed by atoms with E-state index in [-0.39, 0.29) is 17.5 Å². The second-order valence-corrected chi connectivity index (χ2v) is 5.03. The van der Waals surface area contributed by atoms with Gasteiger partial charge in [0.05, 0.1) is 4.92 Å². The van der Waals surface area contributed by atoms with Crippen molar-refractivity contribution in [3.8, 4) is 0 Å². The summed E-state index contributed by atoms with van der Waals surface area (Å²) in [7, 11) is 0. The lowest BCUT2D eigenvalue weighted by Crippen LogP contribution is -2.18. The Bertz CT molecular complexity index is 430. The predicted octanol–water partition coefficient (Wildman–Crippen LogP) is 2.37. The van der Waals surface area contributed by atoms with Gasteiger partial charge < -0.3 is 10.6 Å². The van der Waals surface area contributed by atoms with Crippen molar-refractivity contribution in [1.29, 1.82) is 0 Å². The summed E-state index contributed by atoms with van der Waals surface area (Å²) in [4.78, 5) is 18.5. The first-order chi connectivity index (χ1) is 9.08. The molecule has 1 atom stereocenters. The molecule has 8 heteroatoms. The molecule has 0 fully saturated rings. The maximum Gasteiger partial charge on any atom is 0.329 e. The molecule has 19 heavy (non-hydrogen) atoms. The monoisotopic (exact) mass is 285 g/mol. The molecule has 0 aliphatic rings. The summed E-state index contributed by atoms with van der Waals surface area (Å²) in [5, 5.41) is 17.0. The minimum Gasteiger partial charge on any atom is -0.362 e. The summed E-state index contributed by atoms with van der Waals surface area (Å²) in [5.41, 5.74) is -0.0994. The lowest BCUT2D eigenvalue weighted by atomic mass is 10.2. The number of hydrogen-bond donors (Lipinski definition) is 2. The minimum atomic E-state index is -0.473. The number of hydrogen-bond acceptors (Lipinski definition) is 7. The van der Waals surface area contributed by atoms with E-state index < -0.39 is 4.92 Å². The Kier molecular flexibility index (Phi) is 6.34. The molecular weight excluding hydrogens is 266 g/mol. The van der Waals surface area contributed by atoms with Crippen LogP contribution in [-0.4, -0.2) is 39.5 Å². The van der Waals surface area contributed by atoms with Gasteiger partial charge in [-0.1, -0.05) is 0 Å². The molecular formula is C11H19N5O2S. The summed E-state index contributed by atoms with van der Waals surface area (Å²) in [6.45, 7) is 4.56. The highest BCUT2D eigenvalue weighted by Gasteiger charge is 2.18. The summed E-state index contributed by atoms with van der Waals surface area (Å²) < 4.78 is 0. The van der Waals surface area contributed by atoms with Gasteiger partial charge in [0.1, 0.15) is 6.20 Å². The molecule has 0 radical (unpaired) electrons. The normalized spacial score (nSPS) is 11.9. The smallest absolute Gasteiger partial charge is 0.329 e. The van der Waals surface area contributed by atoms with E-state index in [4.69, 9.17) is 0 Å². The molecule has 0 aliphatic heterocycles. The third kappa shape index (κ3) is 4.90. The molecule has 1 unspecified atom stereocenters. The third-order valence-corrected chi connectivity index (χ3v) is 3.08. The van der Waals surface area contributed by atoms with Crippen molar-refractivity contribution in [2.24, 2.45) is 0 Å². The first-order valence-electron chi connectivity index (χ1n) is 6.09. The van der Waals surface area contributed by atoms with Crippen molar-refractivity contribution < 1.29 is 4.92 Å². The number of aromatic nitrogens is 2. The highest BCUT2D eigenvalue weighted by atomic mass is 32.2. The molecule has 1 aromatic heterocycles. The molecule has 7 nitrogen and oxygen atoms in total. The largest absolute Gasteiger partial charge is 0.362 e. The quantitative estimate of drug-likeness (QED) is 0.559. The van der Waals surface area contributed by atoms with Crippen LogP contribution in [0.25, 0.3) is 0 Å². The molecule has 0 spiro atoms. The maximum atomic E-state index is 10.9. The standard InChI is InChI=1S/C11H19N5O2S/c1-4-12-11-13-7-9(16(17)18)10(15-11)14-8(2)5-6-19-3/h7-8H,4-6H2,1-3H3,(H2,12,13,14,15). The zero-order valence-corrected chi connectivity index (χ0v) is 12.2. The Labute approximate surface area is 116 Å². The molecule has 1 heterocycles. The number of nitrogens with zero attached hydrogens (tertiary/aromatic N) is 3. The Morgan fingerprint density at radius 2 is 2.32 bits per heavy atom. The fraction of sp³-hybridized carbons (Fsp3) is 0.636. The van der Waals surface area contributed by atoms with Gasteiger partial charge in [-0.15, -0.1) is 0 Å². The summed E-state index contributed by atoms with van der Waals surface area (Å²) >= 11 is 1.74. The van der Waals surface area contributed by atoms with Crippen LogP contribution in [0.2, 0.25) is 0 Å². The number of thioether (sulfide) groups is 1. The molecule has 1 aromatic rings. The second kappa shape index (κ2) is 7.78. The van der Waals surface area contributed by atoms with Gasteiger partial charge in [0.2, 0.25) is 11.8 Å². The van der Waals surface area contributed by atoms with E-state index in [0.717, 1.165) is 12.2 Å². The Balaban J connectivity index is 2.87. The molecule has 1 rings (SSSR count). The van der Waals surface area contributed by atoms with Crippen LogP contribution < -0.4 is 10.6 Å². The van der Waals surface area contributed by atoms with Crippen LogP contribution in [0.1, 0.15) is 20.3 Å². The van der Waals surface area contributed by atoms with Gasteiger partial charge in [0.15, 0.2) is 0 Å². The first-order valence-corrected chi connectivity index (χ1v) is 7.48. The van der Waals surface area contributed by atoms with Gasteiger partial charge in [-0.3, -0.25) is 10.1 Å². The van der Waals surface area contributed by atoms with Gasteiger partial charge in [-0.25, -0.2) is 4.98 Å². The van der Waals surface area contributed by atoms with Crippen molar-refractivity contribution in [1.82, 2.24) is 9.97 Å². The number of nitro groups is 1. The van der Waals surface area contributed by atoms with E-state index in [1.54, 1.807) is 11.8 Å². The molecule has 106 valence electrons. The fourth-order valence-electron chi connectivity index (χ4n) is 1.46. The molecule has 0 aliphatic carbocycles. The van der Waals surface area contributed by atoms with Crippen LogP contribution in [0.5, 0.6) is 0 Å². The Hall–Kier alpha value is -1.57. The van der Waals surface area contributed by atoms with Crippen LogP contribution >= 0.6 is 11.8 Å². The highest BCUT2D eigenvalue weighted by molar-refractivity contribution is 7.98. The molecule has 0 saturated heterocycles. The van der Waals surface area contributed by atoms with Gasteiger partial charge in [-0.05, 0) is 32.3 Å².